The molecule has 0 aliphatic heterocycles. The van der Waals surface area contributed by atoms with Crippen LogP contribution in [0.3, 0.4) is 0 Å². The third kappa shape index (κ3) is 7.62. The molecule has 2 aromatic rings. The highest BCUT2D eigenvalue weighted by molar-refractivity contribution is 8.01. The van der Waals surface area contributed by atoms with Crippen LogP contribution in [0.5, 0.6) is 0 Å². The highest BCUT2D eigenvalue weighted by atomic mass is 35.5. The van der Waals surface area contributed by atoms with Gasteiger partial charge < -0.3 is 20.5 Å². The number of anilines is 2. The lowest BCUT2D eigenvalue weighted by Crippen LogP contribution is -2.25. The van der Waals surface area contributed by atoms with Crippen LogP contribution in [0.4, 0.5) is 11.5 Å². The van der Waals surface area contributed by atoms with Crippen LogP contribution in [0.25, 0.3) is 0 Å². The third-order valence-electron chi connectivity index (χ3n) is 3.57. The lowest BCUT2D eigenvalue weighted by Gasteiger charge is -2.13. The van der Waals surface area contributed by atoms with Crippen molar-refractivity contribution in [1.82, 2.24) is 10.5 Å². The summed E-state index contributed by atoms with van der Waals surface area (Å²) in [6.45, 7) is 7.08. The zero-order chi connectivity index (χ0) is 18.9. The maximum atomic E-state index is 12.2. The summed E-state index contributed by atoms with van der Waals surface area (Å²) >= 11 is 1.26. The summed E-state index contributed by atoms with van der Waals surface area (Å²) in [5.41, 5.74) is 1.81. The summed E-state index contributed by atoms with van der Waals surface area (Å²) in [5.74, 6) is 0.819. The van der Waals surface area contributed by atoms with Crippen LogP contribution in [0.2, 0.25) is 0 Å². The molecule has 0 saturated heterocycles. The van der Waals surface area contributed by atoms with E-state index >= 15 is 0 Å². The average Bonchev–Trinajstić information content (AvgIpc) is 3.03. The van der Waals surface area contributed by atoms with E-state index in [1.807, 2.05) is 31.2 Å². The molecule has 0 radical (unpaired) electrons. The van der Waals surface area contributed by atoms with Crippen molar-refractivity contribution in [3.63, 3.8) is 0 Å². The Labute approximate surface area is 169 Å². The molecule has 0 saturated carbocycles. The molecule has 27 heavy (non-hydrogen) atoms. The first-order valence-electron chi connectivity index (χ1n) is 8.43. The van der Waals surface area contributed by atoms with Crippen molar-refractivity contribution in [1.29, 1.82) is 0 Å². The van der Waals surface area contributed by atoms with Crippen molar-refractivity contribution in [3.05, 3.63) is 41.7 Å². The van der Waals surface area contributed by atoms with Crippen LogP contribution in [0.1, 0.15) is 25.2 Å². The van der Waals surface area contributed by atoms with E-state index in [1.54, 1.807) is 19.9 Å². The average molecular weight is 413 g/mol. The first kappa shape index (κ1) is 23.0. The van der Waals surface area contributed by atoms with E-state index in [1.165, 1.54) is 11.8 Å². The van der Waals surface area contributed by atoms with Gasteiger partial charge >= 0.3 is 0 Å². The van der Waals surface area contributed by atoms with Crippen molar-refractivity contribution >= 4 is 47.5 Å². The molecule has 0 fully saturated rings. The molecule has 0 aliphatic carbocycles. The quantitative estimate of drug-likeness (QED) is 0.585. The number of carbonyl (C=O) groups is 2. The van der Waals surface area contributed by atoms with Gasteiger partial charge in [0, 0.05) is 18.3 Å². The summed E-state index contributed by atoms with van der Waals surface area (Å²) in [6.07, 6.45) is 0. The predicted octanol–water partition coefficient (Wildman–Crippen LogP) is 3.21. The molecule has 1 heterocycles. The molecule has 9 heteroatoms. The fourth-order valence-electron chi connectivity index (χ4n) is 2.17. The first-order chi connectivity index (χ1) is 12.5. The van der Waals surface area contributed by atoms with Gasteiger partial charge in [-0.05, 0) is 32.0 Å². The number of hydrogen-bond acceptors (Lipinski definition) is 6. The molecule has 3 N–H and O–H groups in total. The highest BCUT2D eigenvalue weighted by Gasteiger charge is 2.17. The van der Waals surface area contributed by atoms with Gasteiger partial charge in [0.15, 0.2) is 5.82 Å². The Kier molecular flexibility index (Phi) is 9.92. The monoisotopic (exact) mass is 412 g/mol. The van der Waals surface area contributed by atoms with Crippen molar-refractivity contribution in [2.24, 2.45) is 0 Å². The van der Waals surface area contributed by atoms with E-state index in [0.29, 0.717) is 18.1 Å². The van der Waals surface area contributed by atoms with Gasteiger partial charge in [-0.15, -0.1) is 24.2 Å². The van der Waals surface area contributed by atoms with Crippen LogP contribution in [-0.2, 0) is 16.1 Å². The maximum absolute atomic E-state index is 12.2. The Morgan fingerprint density at radius 2 is 2.00 bits per heavy atom. The smallest absolute Gasteiger partial charge is 0.238 e. The number of aromatic nitrogens is 1. The zero-order valence-electron chi connectivity index (χ0n) is 15.6. The van der Waals surface area contributed by atoms with Gasteiger partial charge in [-0.2, -0.15) is 0 Å². The van der Waals surface area contributed by atoms with Crippen LogP contribution in [0, 0.1) is 6.92 Å². The number of benzene rings is 1. The van der Waals surface area contributed by atoms with Crippen LogP contribution >= 0.6 is 24.2 Å². The largest absolute Gasteiger partial charge is 0.360 e. The van der Waals surface area contributed by atoms with Crippen LogP contribution in [0.15, 0.2) is 34.9 Å². The Morgan fingerprint density at radius 3 is 2.67 bits per heavy atom. The fraction of sp³-hybridized carbons (Fsp3) is 0.389. The molecule has 1 aromatic heterocycles. The second-order valence-electron chi connectivity index (χ2n) is 5.75. The van der Waals surface area contributed by atoms with Crippen LogP contribution < -0.4 is 16.0 Å². The van der Waals surface area contributed by atoms with Gasteiger partial charge in [0.1, 0.15) is 5.76 Å². The third-order valence-corrected chi connectivity index (χ3v) is 4.71. The number of amides is 2. The van der Waals surface area contributed by atoms with Crippen molar-refractivity contribution in [2.45, 2.75) is 32.6 Å². The predicted molar refractivity (Wildman–Crippen MR) is 111 cm³/mol. The number of aryl methyl sites for hydroxylation is 1. The lowest BCUT2D eigenvalue weighted by molar-refractivity contribution is -0.115. The Hall–Kier alpha value is -2.03. The standard InChI is InChI=1S/C18H24N4O3S.ClH/c1-4-19-10-14-7-5-6-8-15(14)20-17(23)11-26-13(3)18(24)21-16-9-12(2)25-22-16;/h5-9,13,19H,4,10-11H2,1-3H3,(H,20,23)(H,21,22,24);1H. The van der Waals surface area contributed by atoms with Crippen molar-refractivity contribution in [2.75, 3.05) is 22.9 Å². The molecule has 1 aromatic carbocycles. The molecule has 148 valence electrons. The topological polar surface area (TPSA) is 96.3 Å². The number of nitrogens with one attached hydrogen (secondary N) is 3. The Balaban J connectivity index is 0.00000364. The number of hydrogen-bond donors (Lipinski definition) is 3. The molecule has 1 unspecified atom stereocenters. The van der Waals surface area contributed by atoms with E-state index in [4.69, 9.17) is 4.52 Å². The van der Waals surface area contributed by atoms with Gasteiger partial charge in [-0.25, -0.2) is 0 Å². The molecular weight excluding hydrogens is 388 g/mol. The van der Waals surface area contributed by atoms with Gasteiger partial charge in [0.25, 0.3) is 0 Å². The summed E-state index contributed by atoms with van der Waals surface area (Å²) < 4.78 is 4.91. The van der Waals surface area contributed by atoms with E-state index < -0.39 is 5.25 Å². The number of para-hydroxylation sites is 1. The van der Waals surface area contributed by atoms with Gasteiger partial charge in [-0.1, -0.05) is 30.3 Å². The molecule has 2 amide bonds. The normalized spacial score (nSPS) is 11.4. The van der Waals surface area contributed by atoms with E-state index in [0.717, 1.165) is 17.8 Å². The SMILES string of the molecule is CCNCc1ccccc1NC(=O)CSC(C)C(=O)Nc1cc(C)on1.Cl. The molecular formula is C18H25ClN4O3S. The number of carbonyl (C=O) groups excluding carboxylic acids is 2. The molecule has 1 atom stereocenters. The molecule has 0 aliphatic rings. The number of halogens is 1. The second kappa shape index (κ2) is 11.6. The second-order valence-corrected chi connectivity index (χ2v) is 7.08. The van der Waals surface area contributed by atoms with Crippen LogP contribution in [-0.4, -0.2) is 34.5 Å². The highest BCUT2D eigenvalue weighted by Crippen LogP contribution is 2.17. The molecule has 2 rings (SSSR count). The molecule has 7 nitrogen and oxygen atoms in total. The van der Waals surface area contributed by atoms with Gasteiger partial charge in [0.05, 0.1) is 11.0 Å². The minimum atomic E-state index is -0.394. The zero-order valence-corrected chi connectivity index (χ0v) is 17.2. The number of nitrogens with zero attached hydrogens (tertiary/aromatic N) is 1. The Morgan fingerprint density at radius 1 is 1.26 bits per heavy atom. The van der Waals surface area contributed by atoms with Gasteiger partial charge in [-0.3, -0.25) is 9.59 Å². The molecule has 0 spiro atoms. The van der Waals surface area contributed by atoms with E-state index in [9.17, 15) is 9.59 Å². The molecule has 0 bridgehead atoms. The van der Waals surface area contributed by atoms with E-state index in [-0.39, 0.29) is 30.0 Å². The summed E-state index contributed by atoms with van der Waals surface area (Å²) in [6, 6.07) is 9.31. The lowest BCUT2D eigenvalue weighted by atomic mass is 10.1. The van der Waals surface area contributed by atoms with Crippen molar-refractivity contribution < 1.29 is 14.1 Å². The van der Waals surface area contributed by atoms with Crippen molar-refractivity contribution in [3.8, 4) is 0 Å². The number of rotatable bonds is 9. The van der Waals surface area contributed by atoms with E-state index in [2.05, 4.69) is 21.1 Å². The maximum Gasteiger partial charge on any atom is 0.238 e. The first-order valence-corrected chi connectivity index (χ1v) is 9.48. The minimum absolute atomic E-state index is 0. The fourth-order valence-corrected chi connectivity index (χ4v) is 2.86. The van der Waals surface area contributed by atoms with Gasteiger partial charge in [0.2, 0.25) is 11.8 Å². The minimum Gasteiger partial charge on any atom is -0.360 e. The summed E-state index contributed by atoms with van der Waals surface area (Å²) in [4.78, 5) is 24.3. The Bertz CT molecular complexity index is 754. The summed E-state index contributed by atoms with van der Waals surface area (Å²) in [5, 5.41) is 12.1. The number of thioether (sulfide) groups is 1. The summed E-state index contributed by atoms with van der Waals surface area (Å²) in [7, 11) is 0.